The molecule has 3 rings (SSSR count). The first-order valence-corrected chi connectivity index (χ1v) is 7.66. The van der Waals surface area contributed by atoms with E-state index >= 15 is 0 Å². The third kappa shape index (κ3) is 4.18. The summed E-state index contributed by atoms with van der Waals surface area (Å²) in [5.74, 6) is 0. The first kappa shape index (κ1) is 15.3. The minimum Gasteiger partial charge on any atom is -0.324 e. The predicted molar refractivity (Wildman–Crippen MR) is 95.1 cm³/mol. The molecule has 1 aromatic heterocycles. The fourth-order valence-corrected chi connectivity index (χ4v) is 2.21. The second-order valence-electron chi connectivity index (χ2n) is 5.20. The third-order valence-corrected chi connectivity index (χ3v) is 3.65. The Bertz CT molecular complexity index is 855. The molecular formula is C19H16ClN3. The van der Waals surface area contributed by atoms with Crippen molar-refractivity contribution in [3.05, 3.63) is 94.6 Å². The van der Waals surface area contributed by atoms with Gasteiger partial charge in [0.15, 0.2) is 0 Å². The minimum absolute atomic E-state index is 0.728. The van der Waals surface area contributed by atoms with Gasteiger partial charge >= 0.3 is 0 Å². The summed E-state index contributed by atoms with van der Waals surface area (Å²) in [7, 11) is 0. The molecule has 0 aliphatic rings. The largest absolute Gasteiger partial charge is 0.324 e. The van der Waals surface area contributed by atoms with Crippen molar-refractivity contribution in [2.75, 3.05) is 0 Å². The maximum absolute atomic E-state index is 5.90. The van der Waals surface area contributed by atoms with Crippen molar-refractivity contribution in [1.82, 2.24) is 4.57 Å². The van der Waals surface area contributed by atoms with E-state index in [1.165, 1.54) is 5.56 Å². The zero-order valence-corrected chi connectivity index (χ0v) is 13.5. The number of aryl methyl sites for hydroxylation is 1. The van der Waals surface area contributed by atoms with Crippen molar-refractivity contribution < 1.29 is 0 Å². The highest BCUT2D eigenvalue weighted by Gasteiger charge is 1.93. The Hall–Kier alpha value is -2.65. The van der Waals surface area contributed by atoms with E-state index in [9.17, 15) is 0 Å². The number of aromatic nitrogens is 1. The molecule has 0 aliphatic carbocycles. The molecule has 0 atom stereocenters. The summed E-state index contributed by atoms with van der Waals surface area (Å²) in [6.45, 7) is 2.06. The van der Waals surface area contributed by atoms with Crippen LogP contribution in [0.15, 0.2) is 83.3 Å². The molecule has 114 valence electrons. The van der Waals surface area contributed by atoms with E-state index in [1.54, 1.807) is 6.21 Å². The summed E-state index contributed by atoms with van der Waals surface area (Å²) in [5.41, 5.74) is 3.31. The molecule has 3 aromatic rings. The van der Waals surface area contributed by atoms with Crippen molar-refractivity contribution in [2.24, 2.45) is 10.2 Å². The molecule has 0 aliphatic heterocycles. The van der Waals surface area contributed by atoms with E-state index < -0.39 is 0 Å². The lowest BCUT2D eigenvalue weighted by molar-refractivity contribution is 1.02. The topological polar surface area (TPSA) is 29.6 Å². The van der Waals surface area contributed by atoms with Crippen LogP contribution in [-0.4, -0.2) is 10.8 Å². The Balaban J connectivity index is 1.76. The molecule has 3 nitrogen and oxygen atoms in total. The number of halogens is 1. The molecule has 0 amide bonds. The van der Waals surface area contributed by atoms with E-state index in [0.29, 0.717) is 0 Å². The Morgan fingerprint density at radius 2 is 1.52 bits per heavy atom. The molecule has 23 heavy (non-hydrogen) atoms. The lowest BCUT2D eigenvalue weighted by atomic mass is 10.2. The molecule has 0 spiro atoms. The van der Waals surface area contributed by atoms with Gasteiger partial charge in [0.1, 0.15) is 0 Å². The van der Waals surface area contributed by atoms with Crippen LogP contribution < -0.4 is 5.36 Å². The average molecular weight is 322 g/mol. The van der Waals surface area contributed by atoms with Gasteiger partial charge in [-0.25, -0.2) is 0 Å². The van der Waals surface area contributed by atoms with Crippen LogP contribution in [0.3, 0.4) is 0 Å². The molecular weight excluding hydrogens is 306 g/mol. The van der Waals surface area contributed by atoms with Crippen LogP contribution >= 0.6 is 11.6 Å². The van der Waals surface area contributed by atoms with E-state index in [1.807, 2.05) is 65.5 Å². The van der Waals surface area contributed by atoms with E-state index in [0.717, 1.165) is 21.6 Å². The van der Waals surface area contributed by atoms with Gasteiger partial charge in [0.25, 0.3) is 0 Å². The average Bonchev–Trinajstić information content (AvgIpc) is 2.58. The van der Waals surface area contributed by atoms with Crippen LogP contribution in [-0.2, 0) is 0 Å². The van der Waals surface area contributed by atoms with Crippen LogP contribution in [0.2, 0.25) is 5.02 Å². The zero-order valence-electron chi connectivity index (χ0n) is 12.7. The Morgan fingerprint density at radius 3 is 2.17 bits per heavy atom. The zero-order chi connectivity index (χ0) is 16.1. The number of hydrogen-bond donors (Lipinski definition) is 0. The molecule has 0 saturated carbocycles. The van der Waals surface area contributed by atoms with Gasteiger partial charge in [0, 0.05) is 23.1 Å². The first-order chi connectivity index (χ1) is 11.2. The summed E-state index contributed by atoms with van der Waals surface area (Å²) in [6.07, 6.45) is 5.65. The number of pyridine rings is 1. The fraction of sp³-hybridized carbons (Fsp3) is 0.0526. The van der Waals surface area contributed by atoms with Crippen molar-refractivity contribution in [1.29, 1.82) is 0 Å². The summed E-state index contributed by atoms with van der Waals surface area (Å²) >= 11 is 5.90. The molecule has 4 heteroatoms. The van der Waals surface area contributed by atoms with E-state index in [2.05, 4.69) is 29.3 Å². The van der Waals surface area contributed by atoms with Crippen LogP contribution in [0.1, 0.15) is 11.1 Å². The summed E-state index contributed by atoms with van der Waals surface area (Å²) in [6, 6.07) is 19.7. The fourth-order valence-electron chi connectivity index (χ4n) is 2.09. The normalized spacial score (nSPS) is 10.9. The maximum atomic E-state index is 5.90. The molecule has 0 bridgehead atoms. The van der Waals surface area contributed by atoms with E-state index in [4.69, 9.17) is 11.6 Å². The molecule has 1 heterocycles. The van der Waals surface area contributed by atoms with Crippen LogP contribution in [0.25, 0.3) is 5.69 Å². The minimum atomic E-state index is 0.728. The van der Waals surface area contributed by atoms with Gasteiger partial charge in [-0.2, -0.15) is 10.2 Å². The maximum Gasteiger partial charge on any atom is 0.0886 e. The van der Waals surface area contributed by atoms with Crippen LogP contribution in [0, 0.1) is 6.92 Å². The second kappa shape index (κ2) is 7.07. The van der Waals surface area contributed by atoms with Crippen molar-refractivity contribution in [3.8, 4) is 5.69 Å². The van der Waals surface area contributed by atoms with Gasteiger partial charge < -0.3 is 4.57 Å². The highest BCUT2D eigenvalue weighted by molar-refractivity contribution is 6.30. The highest BCUT2D eigenvalue weighted by atomic mass is 35.5. The number of benzene rings is 2. The molecule has 0 radical (unpaired) electrons. The van der Waals surface area contributed by atoms with Gasteiger partial charge in [-0.15, -0.1) is 0 Å². The van der Waals surface area contributed by atoms with Gasteiger partial charge in [-0.1, -0.05) is 41.4 Å². The smallest absolute Gasteiger partial charge is 0.0886 e. The van der Waals surface area contributed by atoms with E-state index in [-0.39, 0.29) is 0 Å². The van der Waals surface area contributed by atoms with Crippen molar-refractivity contribution in [3.63, 3.8) is 0 Å². The Morgan fingerprint density at radius 1 is 0.870 bits per heavy atom. The quantitative estimate of drug-likeness (QED) is 0.506. The van der Waals surface area contributed by atoms with Gasteiger partial charge in [-0.3, -0.25) is 0 Å². The standard InChI is InChI=1S/C19H16ClN3/c1-15-2-4-16(5-3-15)14-21-22-18-10-12-23(13-11-18)19-8-6-17(20)7-9-19/h2-14H,1H3/b21-14-. The van der Waals surface area contributed by atoms with Crippen LogP contribution in [0.4, 0.5) is 0 Å². The molecule has 0 unspecified atom stereocenters. The monoisotopic (exact) mass is 321 g/mol. The molecule has 0 N–H and O–H groups in total. The number of rotatable bonds is 3. The van der Waals surface area contributed by atoms with Crippen LogP contribution in [0.5, 0.6) is 0 Å². The SMILES string of the molecule is Cc1ccc(/C=N\N=c2ccn(-c3ccc(Cl)cc3)cc2)cc1. The van der Waals surface area contributed by atoms with Crippen molar-refractivity contribution >= 4 is 17.8 Å². The summed E-state index contributed by atoms with van der Waals surface area (Å²) in [5, 5.41) is 9.87. The molecule has 0 saturated heterocycles. The Labute approximate surface area is 140 Å². The third-order valence-electron chi connectivity index (χ3n) is 3.39. The van der Waals surface area contributed by atoms with Gasteiger partial charge in [0.2, 0.25) is 0 Å². The lowest BCUT2D eigenvalue weighted by Gasteiger charge is -2.05. The highest BCUT2D eigenvalue weighted by Crippen LogP contribution is 2.12. The van der Waals surface area contributed by atoms with Crippen molar-refractivity contribution in [2.45, 2.75) is 6.92 Å². The molecule has 0 fully saturated rings. The van der Waals surface area contributed by atoms with Gasteiger partial charge in [0.05, 0.1) is 11.6 Å². The van der Waals surface area contributed by atoms with Gasteiger partial charge in [-0.05, 0) is 48.9 Å². The molecule has 2 aromatic carbocycles. The number of nitrogens with zero attached hydrogens (tertiary/aromatic N) is 3. The second-order valence-corrected chi connectivity index (χ2v) is 5.63. The predicted octanol–water partition coefficient (Wildman–Crippen LogP) is 4.37. The first-order valence-electron chi connectivity index (χ1n) is 7.29. The summed E-state index contributed by atoms with van der Waals surface area (Å²) < 4.78 is 2.00. The number of hydrogen-bond acceptors (Lipinski definition) is 2. The summed E-state index contributed by atoms with van der Waals surface area (Å²) in [4.78, 5) is 0. The Kier molecular flexibility index (Phi) is 4.69. The lowest BCUT2D eigenvalue weighted by Crippen LogP contribution is -2.03.